The third-order valence-electron chi connectivity index (χ3n) is 2.08. The Kier molecular flexibility index (Phi) is 4.55. The Morgan fingerprint density at radius 2 is 2.00 bits per heavy atom. The van der Waals surface area contributed by atoms with E-state index in [0.29, 0.717) is 6.07 Å². The standard InChI is InChI=1S/C11H11F3O4/c1-17-4-5-18-7-2-3-8(10(15)16)9(6-7)11(12,13)14/h2-3,6H,4-5H2,1H3,(H,15,16). The summed E-state index contributed by atoms with van der Waals surface area (Å²) in [6.07, 6.45) is -4.74. The second-order valence-electron chi connectivity index (χ2n) is 3.35. The second kappa shape index (κ2) is 5.72. The average molecular weight is 264 g/mol. The minimum atomic E-state index is -4.74. The molecule has 0 saturated carbocycles. The fraction of sp³-hybridized carbons (Fsp3) is 0.364. The number of ether oxygens (including phenoxy) is 2. The first kappa shape index (κ1) is 14.3. The van der Waals surface area contributed by atoms with Crippen molar-refractivity contribution in [3.63, 3.8) is 0 Å². The highest BCUT2D eigenvalue weighted by atomic mass is 19.4. The van der Waals surface area contributed by atoms with Crippen molar-refractivity contribution in [2.24, 2.45) is 0 Å². The molecule has 0 aromatic heterocycles. The van der Waals surface area contributed by atoms with Crippen LogP contribution in [0.25, 0.3) is 0 Å². The Balaban J connectivity index is 3.02. The molecule has 0 aliphatic rings. The zero-order chi connectivity index (χ0) is 13.8. The normalized spacial score (nSPS) is 11.3. The Morgan fingerprint density at radius 3 is 2.50 bits per heavy atom. The SMILES string of the molecule is COCCOc1ccc(C(=O)O)c(C(F)(F)F)c1. The number of halogens is 3. The summed E-state index contributed by atoms with van der Waals surface area (Å²) in [5.41, 5.74) is -2.04. The summed E-state index contributed by atoms with van der Waals surface area (Å²) in [6.45, 7) is 0.308. The van der Waals surface area contributed by atoms with Gasteiger partial charge in [-0.15, -0.1) is 0 Å². The molecule has 0 amide bonds. The number of carboxylic acids is 1. The molecular weight excluding hydrogens is 253 g/mol. The maximum atomic E-state index is 12.6. The fourth-order valence-electron chi connectivity index (χ4n) is 1.28. The Labute approximate surface area is 101 Å². The molecule has 0 radical (unpaired) electrons. The minimum absolute atomic E-state index is 0.0515. The van der Waals surface area contributed by atoms with Gasteiger partial charge in [-0.1, -0.05) is 0 Å². The van der Waals surface area contributed by atoms with Crippen molar-refractivity contribution >= 4 is 5.97 Å². The van der Waals surface area contributed by atoms with E-state index in [1.54, 1.807) is 0 Å². The number of methoxy groups -OCH3 is 1. The summed E-state index contributed by atoms with van der Waals surface area (Å²) in [5.74, 6) is -1.69. The summed E-state index contributed by atoms with van der Waals surface area (Å²) in [7, 11) is 1.43. The lowest BCUT2D eigenvalue weighted by Crippen LogP contribution is -2.13. The van der Waals surface area contributed by atoms with Gasteiger partial charge >= 0.3 is 12.1 Å². The summed E-state index contributed by atoms with van der Waals surface area (Å²) in [4.78, 5) is 10.7. The first-order valence-corrected chi connectivity index (χ1v) is 4.92. The van der Waals surface area contributed by atoms with Gasteiger partial charge < -0.3 is 14.6 Å². The van der Waals surface area contributed by atoms with Crippen LogP contribution in [0.5, 0.6) is 5.75 Å². The number of alkyl halides is 3. The van der Waals surface area contributed by atoms with Crippen LogP contribution in [0.2, 0.25) is 0 Å². The maximum Gasteiger partial charge on any atom is 0.417 e. The van der Waals surface area contributed by atoms with Crippen molar-refractivity contribution in [1.29, 1.82) is 0 Å². The molecule has 1 aromatic rings. The van der Waals surface area contributed by atoms with Gasteiger partial charge in [-0.05, 0) is 18.2 Å². The van der Waals surface area contributed by atoms with Crippen molar-refractivity contribution in [1.82, 2.24) is 0 Å². The fourth-order valence-corrected chi connectivity index (χ4v) is 1.28. The van der Waals surface area contributed by atoms with E-state index in [0.717, 1.165) is 6.07 Å². The number of rotatable bonds is 5. The largest absolute Gasteiger partial charge is 0.491 e. The maximum absolute atomic E-state index is 12.6. The van der Waals surface area contributed by atoms with Gasteiger partial charge in [0.05, 0.1) is 17.7 Å². The molecule has 100 valence electrons. The molecule has 0 fully saturated rings. The molecular formula is C11H11F3O4. The molecule has 0 bridgehead atoms. The van der Waals surface area contributed by atoms with Gasteiger partial charge in [0.2, 0.25) is 0 Å². The van der Waals surface area contributed by atoms with Crippen LogP contribution < -0.4 is 4.74 Å². The number of aromatic carboxylic acids is 1. The Morgan fingerprint density at radius 1 is 1.33 bits per heavy atom. The van der Waals surface area contributed by atoms with Crippen molar-refractivity contribution in [3.8, 4) is 5.75 Å². The van der Waals surface area contributed by atoms with E-state index in [9.17, 15) is 18.0 Å². The summed E-state index contributed by atoms with van der Waals surface area (Å²) in [5, 5.41) is 8.67. The summed E-state index contributed by atoms with van der Waals surface area (Å²) in [6, 6.07) is 2.71. The van der Waals surface area contributed by atoms with Crippen LogP contribution in [0.1, 0.15) is 15.9 Å². The van der Waals surface area contributed by atoms with Crippen LogP contribution in [0.3, 0.4) is 0 Å². The van der Waals surface area contributed by atoms with Crippen molar-refractivity contribution in [2.45, 2.75) is 6.18 Å². The summed E-state index contributed by atoms with van der Waals surface area (Å²) < 4.78 is 47.6. The van der Waals surface area contributed by atoms with Crippen LogP contribution in [-0.4, -0.2) is 31.4 Å². The van der Waals surface area contributed by atoms with Crippen LogP contribution in [0, 0.1) is 0 Å². The van der Waals surface area contributed by atoms with Crippen molar-refractivity contribution in [2.75, 3.05) is 20.3 Å². The molecule has 7 heteroatoms. The number of benzene rings is 1. The third-order valence-corrected chi connectivity index (χ3v) is 2.08. The zero-order valence-electron chi connectivity index (χ0n) is 9.45. The quantitative estimate of drug-likeness (QED) is 0.830. The van der Waals surface area contributed by atoms with Gasteiger partial charge in [-0.25, -0.2) is 4.79 Å². The number of carbonyl (C=O) groups is 1. The predicted octanol–water partition coefficient (Wildman–Crippen LogP) is 2.43. The van der Waals surface area contributed by atoms with E-state index in [1.807, 2.05) is 0 Å². The molecule has 1 rings (SSSR count). The molecule has 0 atom stereocenters. The monoisotopic (exact) mass is 264 g/mol. The lowest BCUT2D eigenvalue weighted by molar-refractivity contribution is -0.138. The van der Waals surface area contributed by atoms with E-state index in [-0.39, 0.29) is 19.0 Å². The van der Waals surface area contributed by atoms with Gasteiger partial charge in [0.1, 0.15) is 12.4 Å². The van der Waals surface area contributed by atoms with Crippen LogP contribution >= 0.6 is 0 Å². The van der Waals surface area contributed by atoms with E-state index in [4.69, 9.17) is 9.84 Å². The van der Waals surface area contributed by atoms with Gasteiger partial charge in [0.15, 0.2) is 0 Å². The van der Waals surface area contributed by atoms with E-state index in [2.05, 4.69) is 4.74 Å². The van der Waals surface area contributed by atoms with Gasteiger partial charge in [0, 0.05) is 7.11 Å². The van der Waals surface area contributed by atoms with Crippen molar-refractivity contribution in [3.05, 3.63) is 29.3 Å². The molecule has 4 nitrogen and oxygen atoms in total. The summed E-state index contributed by atoms with van der Waals surface area (Å²) >= 11 is 0. The highest BCUT2D eigenvalue weighted by Gasteiger charge is 2.35. The Hall–Kier alpha value is -1.76. The smallest absolute Gasteiger partial charge is 0.417 e. The lowest BCUT2D eigenvalue weighted by Gasteiger charge is -2.12. The molecule has 0 heterocycles. The minimum Gasteiger partial charge on any atom is -0.491 e. The lowest BCUT2D eigenvalue weighted by atomic mass is 10.1. The molecule has 1 aromatic carbocycles. The van der Waals surface area contributed by atoms with Crippen molar-refractivity contribution < 1.29 is 32.5 Å². The second-order valence-corrected chi connectivity index (χ2v) is 3.35. The van der Waals surface area contributed by atoms with E-state index >= 15 is 0 Å². The molecule has 1 N–H and O–H groups in total. The molecule has 0 saturated heterocycles. The molecule has 0 aliphatic carbocycles. The molecule has 18 heavy (non-hydrogen) atoms. The average Bonchev–Trinajstić information content (AvgIpc) is 2.28. The zero-order valence-corrected chi connectivity index (χ0v) is 9.45. The van der Waals surface area contributed by atoms with Gasteiger partial charge in [-0.3, -0.25) is 0 Å². The molecule has 0 aliphatic heterocycles. The first-order valence-electron chi connectivity index (χ1n) is 4.92. The number of hydrogen-bond acceptors (Lipinski definition) is 3. The molecule has 0 spiro atoms. The van der Waals surface area contributed by atoms with Crippen LogP contribution in [0.15, 0.2) is 18.2 Å². The van der Waals surface area contributed by atoms with Crippen LogP contribution in [0.4, 0.5) is 13.2 Å². The van der Waals surface area contributed by atoms with Gasteiger partial charge in [0.25, 0.3) is 0 Å². The topological polar surface area (TPSA) is 55.8 Å². The van der Waals surface area contributed by atoms with E-state index in [1.165, 1.54) is 13.2 Å². The van der Waals surface area contributed by atoms with Crippen LogP contribution in [-0.2, 0) is 10.9 Å². The predicted molar refractivity (Wildman–Crippen MR) is 55.8 cm³/mol. The number of carboxylic acid groups (broad SMARTS) is 1. The first-order chi connectivity index (χ1) is 8.36. The highest BCUT2D eigenvalue weighted by Crippen LogP contribution is 2.34. The molecule has 0 unspecified atom stereocenters. The van der Waals surface area contributed by atoms with E-state index < -0.39 is 23.3 Å². The Bertz CT molecular complexity index is 429. The third kappa shape index (κ3) is 3.63. The van der Waals surface area contributed by atoms with Gasteiger partial charge in [-0.2, -0.15) is 13.2 Å². The highest BCUT2D eigenvalue weighted by molar-refractivity contribution is 5.89. The number of hydrogen-bond donors (Lipinski definition) is 1.